The van der Waals surface area contributed by atoms with Crippen molar-refractivity contribution in [2.45, 2.75) is 79.2 Å². The van der Waals surface area contributed by atoms with Crippen LogP contribution >= 0.6 is 0 Å². The van der Waals surface area contributed by atoms with Gasteiger partial charge in [-0.05, 0) is 16.7 Å². The Labute approximate surface area is 167 Å². The van der Waals surface area contributed by atoms with E-state index in [1.165, 1.54) is 0 Å². The van der Waals surface area contributed by atoms with Gasteiger partial charge in [-0.1, -0.05) is 58.5 Å². The van der Waals surface area contributed by atoms with Crippen LogP contribution in [-0.2, 0) is 41.8 Å². The van der Waals surface area contributed by atoms with Gasteiger partial charge >= 0.3 is 11.9 Å². The third-order valence-electron chi connectivity index (χ3n) is 4.11. The molecule has 28 heavy (non-hydrogen) atoms. The number of rotatable bonds is 13. The molecule has 1 aromatic carbocycles. The molecule has 0 saturated heterocycles. The maximum Gasteiger partial charge on any atom is 0.307 e. The zero-order chi connectivity index (χ0) is 20.9. The summed E-state index contributed by atoms with van der Waals surface area (Å²) < 4.78 is 22.0. The second-order valence-electron chi connectivity index (χ2n) is 6.18. The molecular weight excluding hydrogens is 360 g/mol. The fraction of sp³-hybridized carbons (Fsp3) is 0.545. The van der Waals surface area contributed by atoms with Crippen LogP contribution in [0.25, 0.3) is 6.08 Å². The number of ether oxygens (including phenoxy) is 4. The lowest BCUT2D eigenvalue weighted by atomic mass is 10.0. The van der Waals surface area contributed by atoms with Gasteiger partial charge in [0.05, 0.1) is 13.2 Å². The molecule has 6 heteroatoms. The molecule has 2 unspecified atom stereocenters. The van der Waals surface area contributed by atoms with Crippen LogP contribution in [0.4, 0.5) is 0 Å². The molecule has 0 aliphatic carbocycles. The van der Waals surface area contributed by atoms with E-state index in [0.29, 0.717) is 25.7 Å². The van der Waals surface area contributed by atoms with Gasteiger partial charge in [0.2, 0.25) is 12.6 Å². The summed E-state index contributed by atoms with van der Waals surface area (Å²) in [4.78, 5) is 22.9. The lowest BCUT2D eigenvalue weighted by molar-refractivity contribution is -0.182. The topological polar surface area (TPSA) is 71.1 Å². The lowest BCUT2D eigenvalue weighted by Gasteiger charge is -2.20. The molecule has 156 valence electrons. The quantitative estimate of drug-likeness (QED) is 0.357. The Morgan fingerprint density at radius 3 is 1.64 bits per heavy atom. The molecule has 0 bridgehead atoms. The van der Waals surface area contributed by atoms with Crippen molar-refractivity contribution in [2.24, 2.45) is 0 Å². The number of carbonyl (C=O) groups excluding carboxylic acids is 2. The third-order valence-corrected chi connectivity index (χ3v) is 4.11. The molecule has 0 heterocycles. The Morgan fingerprint density at radius 2 is 1.32 bits per heavy atom. The average molecular weight is 392 g/mol. The molecular formula is C22H32O6. The molecule has 0 aliphatic rings. The first-order valence-electron chi connectivity index (χ1n) is 9.84. The SMILES string of the molecule is C=Cc1c(COC(CC)OC(=O)CC)cccc1COC(CC)OC(=O)CC. The largest absolute Gasteiger partial charge is 0.436 e. The molecule has 0 fully saturated rings. The first-order chi connectivity index (χ1) is 13.5. The fourth-order valence-corrected chi connectivity index (χ4v) is 2.48. The summed E-state index contributed by atoms with van der Waals surface area (Å²) in [5.74, 6) is -0.574. The van der Waals surface area contributed by atoms with Gasteiger partial charge in [0.25, 0.3) is 0 Å². The maximum atomic E-state index is 11.5. The minimum atomic E-state index is -0.581. The molecule has 6 nitrogen and oxygen atoms in total. The zero-order valence-electron chi connectivity index (χ0n) is 17.4. The van der Waals surface area contributed by atoms with Gasteiger partial charge in [0, 0.05) is 25.7 Å². The summed E-state index contributed by atoms with van der Waals surface area (Å²) in [6.07, 6.45) is 2.34. The summed E-state index contributed by atoms with van der Waals surface area (Å²) in [5, 5.41) is 0. The predicted octanol–water partition coefficient (Wildman–Crippen LogP) is 4.74. The van der Waals surface area contributed by atoms with Crippen molar-refractivity contribution in [2.75, 3.05) is 0 Å². The number of hydrogen-bond acceptors (Lipinski definition) is 6. The second-order valence-corrected chi connectivity index (χ2v) is 6.18. The van der Waals surface area contributed by atoms with Gasteiger partial charge in [0.1, 0.15) is 0 Å². The molecule has 1 rings (SSSR count). The molecule has 2 atom stereocenters. The van der Waals surface area contributed by atoms with Crippen LogP contribution < -0.4 is 0 Å². The molecule has 0 radical (unpaired) electrons. The number of esters is 2. The van der Waals surface area contributed by atoms with E-state index in [1.54, 1.807) is 19.9 Å². The van der Waals surface area contributed by atoms with E-state index < -0.39 is 12.6 Å². The van der Waals surface area contributed by atoms with Crippen molar-refractivity contribution < 1.29 is 28.5 Å². The zero-order valence-corrected chi connectivity index (χ0v) is 17.4. The first kappa shape index (κ1) is 23.9. The van der Waals surface area contributed by atoms with Gasteiger partial charge in [-0.3, -0.25) is 9.59 Å². The highest BCUT2D eigenvalue weighted by atomic mass is 16.7. The fourth-order valence-electron chi connectivity index (χ4n) is 2.48. The van der Waals surface area contributed by atoms with E-state index in [1.807, 2.05) is 32.0 Å². The van der Waals surface area contributed by atoms with Gasteiger partial charge in [-0.25, -0.2) is 0 Å². The Balaban J connectivity index is 2.78. The van der Waals surface area contributed by atoms with E-state index >= 15 is 0 Å². The molecule has 0 N–H and O–H groups in total. The molecule has 0 amide bonds. The summed E-state index contributed by atoms with van der Waals surface area (Å²) in [7, 11) is 0. The summed E-state index contributed by atoms with van der Waals surface area (Å²) >= 11 is 0. The van der Waals surface area contributed by atoms with Crippen molar-refractivity contribution in [1.29, 1.82) is 0 Å². The molecule has 0 aliphatic heterocycles. The summed E-state index contributed by atoms with van der Waals surface area (Å²) in [5.41, 5.74) is 2.73. The molecule has 0 spiro atoms. The smallest absolute Gasteiger partial charge is 0.307 e. The van der Waals surface area contributed by atoms with E-state index in [2.05, 4.69) is 6.58 Å². The molecule has 0 aromatic heterocycles. The van der Waals surface area contributed by atoms with Crippen LogP contribution in [0.3, 0.4) is 0 Å². The lowest BCUT2D eigenvalue weighted by Crippen LogP contribution is -2.21. The average Bonchev–Trinajstić information content (AvgIpc) is 2.73. The van der Waals surface area contributed by atoms with Crippen molar-refractivity contribution in [3.05, 3.63) is 41.5 Å². The highest BCUT2D eigenvalue weighted by Crippen LogP contribution is 2.21. The monoisotopic (exact) mass is 392 g/mol. The minimum absolute atomic E-state index is 0.284. The molecule has 1 aromatic rings. The van der Waals surface area contributed by atoms with Crippen LogP contribution in [0.15, 0.2) is 24.8 Å². The van der Waals surface area contributed by atoms with Crippen LogP contribution in [0.2, 0.25) is 0 Å². The van der Waals surface area contributed by atoms with Gasteiger partial charge in [-0.15, -0.1) is 0 Å². The maximum absolute atomic E-state index is 11.5. The highest BCUT2D eigenvalue weighted by molar-refractivity contribution is 5.69. The van der Waals surface area contributed by atoms with E-state index in [-0.39, 0.29) is 25.2 Å². The Kier molecular flexibility index (Phi) is 11.1. The van der Waals surface area contributed by atoms with Crippen LogP contribution in [-0.4, -0.2) is 24.5 Å². The molecule has 0 saturated carbocycles. The van der Waals surface area contributed by atoms with Crippen LogP contribution in [0.1, 0.15) is 70.1 Å². The van der Waals surface area contributed by atoms with E-state index in [0.717, 1.165) is 16.7 Å². The number of benzene rings is 1. The van der Waals surface area contributed by atoms with Crippen molar-refractivity contribution in [1.82, 2.24) is 0 Å². The second kappa shape index (κ2) is 13.1. The van der Waals surface area contributed by atoms with Crippen molar-refractivity contribution >= 4 is 18.0 Å². The Hall–Kier alpha value is -2.18. The van der Waals surface area contributed by atoms with Crippen molar-refractivity contribution in [3.8, 4) is 0 Å². The van der Waals surface area contributed by atoms with Gasteiger partial charge in [-0.2, -0.15) is 0 Å². The minimum Gasteiger partial charge on any atom is -0.436 e. The van der Waals surface area contributed by atoms with Crippen molar-refractivity contribution in [3.63, 3.8) is 0 Å². The van der Waals surface area contributed by atoms with Gasteiger partial charge in [0.15, 0.2) is 0 Å². The van der Waals surface area contributed by atoms with Crippen LogP contribution in [0, 0.1) is 0 Å². The normalized spacial score (nSPS) is 12.9. The van der Waals surface area contributed by atoms with E-state index in [9.17, 15) is 9.59 Å². The van der Waals surface area contributed by atoms with E-state index in [4.69, 9.17) is 18.9 Å². The standard InChI is InChI=1S/C22H32O6/c1-6-18-16(14-25-21(9-4)27-19(23)7-2)12-11-13-17(18)15-26-22(10-5)28-20(24)8-3/h6,11-13,21-22H,1,7-10,14-15H2,2-5H3. The Morgan fingerprint density at radius 1 is 0.893 bits per heavy atom. The van der Waals surface area contributed by atoms with Gasteiger partial charge < -0.3 is 18.9 Å². The Bertz CT molecular complexity index is 592. The third kappa shape index (κ3) is 7.82. The van der Waals surface area contributed by atoms with Crippen LogP contribution in [0.5, 0.6) is 0 Å². The number of carbonyl (C=O) groups is 2. The predicted molar refractivity (Wildman–Crippen MR) is 107 cm³/mol. The highest BCUT2D eigenvalue weighted by Gasteiger charge is 2.15. The first-order valence-corrected chi connectivity index (χ1v) is 9.84. The number of hydrogen-bond donors (Lipinski definition) is 0. The summed E-state index contributed by atoms with van der Waals surface area (Å²) in [6, 6.07) is 5.77. The summed E-state index contributed by atoms with van der Waals surface area (Å²) in [6.45, 7) is 11.7.